The van der Waals surface area contributed by atoms with Crippen molar-refractivity contribution in [3.8, 4) is 0 Å². The number of aryl methyl sites for hydroxylation is 1. The van der Waals surface area contributed by atoms with Gasteiger partial charge in [0.05, 0.1) is 0 Å². The van der Waals surface area contributed by atoms with Crippen molar-refractivity contribution < 1.29 is 4.79 Å². The Bertz CT molecular complexity index is 298. The minimum absolute atomic E-state index is 0.0150. The fourth-order valence-corrected chi connectivity index (χ4v) is 2.18. The first-order valence-electron chi connectivity index (χ1n) is 3.85. The monoisotopic (exact) mass is 217 g/mol. The molecule has 1 amide bonds. The zero-order valence-corrected chi connectivity index (χ0v) is 9.41. The van der Waals surface area contributed by atoms with Crippen LogP contribution in [0.4, 0.5) is 4.79 Å². The van der Waals surface area contributed by atoms with Crippen LogP contribution in [0.1, 0.15) is 11.9 Å². The average Bonchev–Trinajstić information content (AvgIpc) is 2.52. The van der Waals surface area contributed by atoms with Crippen molar-refractivity contribution in [3.63, 3.8) is 0 Å². The van der Waals surface area contributed by atoms with Crippen LogP contribution in [0, 0.1) is 0 Å². The molecule has 1 rings (SSSR count). The van der Waals surface area contributed by atoms with Gasteiger partial charge in [0.2, 0.25) is 0 Å². The summed E-state index contributed by atoms with van der Waals surface area (Å²) < 4.78 is 0.718. The number of rotatable bonds is 2. The molecule has 0 aliphatic rings. The molecule has 0 N–H and O–H groups in total. The van der Waals surface area contributed by atoms with Gasteiger partial charge in [-0.1, -0.05) is 18.3 Å². The summed E-state index contributed by atoms with van der Waals surface area (Å²) in [6, 6.07) is 0. The van der Waals surface area contributed by atoms with Gasteiger partial charge in [-0.3, -0.25) is 4.79 Å². The quantitative estimate of drug-likeness (QED) is 0.709. The van der Waals surface area contributed by atoms with E-state index in [9.17, 15) is 4.79 Å². The van der Waals surface area contributed by atoms with E-state index >= 15 is 0 Å². The van der Waals surface area contributed by atoms with E-state index in [-0.39, 0.29) is 5.24 Å². The van der Waals surface area contributed by atoms with Gasteiger partial charge in [-0.25, -0.2) is 0 Å². The van der Waals surface area contributed by atoms with Crippen molar-refractivity contribution in [3.05, 3.63) is 5.01 Å². The van der Waals surface area contributed by atoms with Gasteiger partial charge in [-0.15, -0.1) is 10.2 Å². The highest BCUT2D eigenvalue weighted by Crippen LogP contribution is 2.24. The van der Waals surface area contributed by atoms with E-state index in [4.69, 9.17) is 0 Å². The van der Waals surface area contributed by atoms with Crippen LogP contribution in [0.15, 0.2) is 4.34 Å². The summed E-state index contributed by atoms with van der Waals surface area (Å²) in [6.07, 6.45) is 0.869. The van der Waals surface area contributed by atoms with E-state index < -0.39 is 0 Å². The van der Waals surface area contributed by atoms with Crippen LogP contribution in [0.2, 0.25) is 0 Å². The third-order valence-electron chi connectivity index (χ3n) is 1.29. The number of nitrogens with zero attached hydrogens (tertiary/aromatic N) is 3. The third kappa shape index (κ3) is 2.96. The summed E-state index contributed by atoms with van der Waals surface area (Å²) in [4.78, 5) is 12.8. The van der Waals surface area contributed by atoms with Crippen LogP contribution in [-0.2, 0) is 6.42 Å². The van der Waals surface area contributed by atoms with Crippen LogP contribution in [0.25, 0.3) is 0 Å². The average molecular weight is 217 g/mol. The number of amides is 1. The van der Waals surface area contributed by atoms with Crippen molar-refractivity contribution in [1.82, 2.24) is 15.1 Å². The number of hydrogen-bond acceptors (Lipinski definition) is 5. The maximum absolute atomic E-state index is 11.2. The highest BCUT2D eigenvalue weighted by atomic mass is 32.2. The summed E-state index contributed by atoms with van der Waals surface area (Å²) in [5, 5.41) is 8.77. The smallest absolute Gasteiger partial charge is 0.288 e. The summed E-state index contributed by atoms with van der Waals surface area (Å²) in [6.45, 7) is 2.02. The molecule has 0 fully saturated rings. The Hall–Kier alpha value is -0.620. The van der Waals surface area contributed by atoms with Crippen LogP contribution < -0.4 is 0 Å². The third-order valence-corrected chi connectivity index (χ3v) is 3.45. The Labute approximate surface area is 85.3 Å². The molecule has 0 spiro atoms. The largest absolute Gasteiger partial charge is 0.339 e. The minimum atomic E-state index is -0.0150. The number of aromatic nitrogens is 2. The van der Waals surface area contributed by atoms with Crippen LogP contribution in [0.3, 0.4) is 0 Å². The van der Waals surface area contributed by atoms with Gasteiger partial charge < -0.3 is 4.90 Å². The Balaban J connectivity index is 2.59. The predicted molar refractivity (Wildman–Crippen MR) is 54.2 cm³/mol. The number of carbonyl (C=O) groups is 1. The molecule has 0 saturated heterocycles. The first-order valence-corrected chi connectivity index (χ1v) is 5.48. The van der Waals surface area contributed by atoms with Crippen LogP contribution >= 0.6 is 23.1 Å². The summed E-state index contributed by atoms with van der Waals surface area (Å²) in [5.74, 6) is 0. The van der Waals surface area contributed by atoms with E-state index in [1.807, 2.05) is 6.92 Å². The van der Waals surface area contributed by atoms with Crippen molar-refractivity contribution >= 4 is 28.3 Å². The second-order valence-electron chi connectivity index (χ2n) is 2.58. The molecule has 0 aromatic carbocycles. The lowest BCUT2D eigenvalue weighted by atomic mass is 10.5. The predicted octanol–water partition coefficient (Wildman–Crippen LogP) is 1.87. The van der Waals surface area contributed by atoms with Crippen molar-refractivity contribution in [2.45, 2.75) is 17.7 Å². The number of carbonyl (C=O) groups excluding carboxylic acids is 1. The first kappa shape index (κ1) is 10.5. The number of thioether (sulfide) groups is 1. The van der Waals surface area contributed by atoms with E-state index in [1.165, 1.54) is 16.2 Å². The van der Waals surface area contributed by atoms with Gasteiger partial charge in [-0.05, 0) is 6.42 Å². The molecule has 1 heterocycles. The lowest BCUT2D eigenvalue weighted by Crippen LogP contribution is -2.15. The Morgan fingerprint density at radius 2 is 2.23 bits per heavy atom. The summed E-state index contributed by atoms with van der Waals surface area (Å²) >= 11 is 2.59. The molecule has 4 nitrogen and oxygen atoms in total. The molecule has 0 bridgehead atoms. The maximum Gasteiger partial charge on any atom is 0.288 e. The Morgan fingerprint density at radius 1 is 1.54 bits per heavy atom. The SMILES string of the molecule is CCc1nnc(SC(=O)N(C)C)s1. The fourth-order valence-electron chi connectivity index (χ4n) is 0.588. The van der Waals surface area contributed by atoms with E-state index in [0.717, 1.165) is 27.5 Å². The van der Waals surface area contributed by atoms with Gasteiger partial charge in [0.15, 0.2) is 4.34 Å². The molecule has 72 valence electrons. The molecule has 0 unspecified atom stereocenters. The highest BCUT2D eigenvalue weighted by Gasteiger charge is 2.10. The van der Waals surface area contributed by atoms with Crippen molar-refractivity contribution in [1.29, 1.82) is 0 Å². The molecule has 1 aromatic heterocycles. The zero-order valence-electron chi connectivity index (χ0n) is 7.77. The Morgan fingerprint density at radius 3 is 2.69 bits per heavy atom. The van der Waals surface area contributed by atoms with Crippen LogP contribution in [0.5, 0.6) is 0 Å². The normalized spacial score (nSPS) is 10.1. The molecule has 1 aromatic rings. The summed E-state index contributed by atoms with van der Waals surface area (Å²) in [5.41, 5.74) is 0. The lowest BCUT2D eigenvalue weighted by Gasteiger charge is -2.06. The van der Waals surface area contributed by atoms with Crippen LogP contribution in [-0.4, -0.2) is 34.4 Å². The van der Waals surface area contributed by atoms with Gasteiger partial charge in [-0.2, -0.15) is 0 Å². The first-order chi connectivity index (χ1) is 6.13. The molecule has 6 heteroatoms. The standard InChI is InChI=1S/C7H11N3OS2/c1-4-5-8-9-6(12-5)13-7(11)10(2)3/h4H2,1-3H3. The molecular formula is C7H11N3OS2. The van der Waals surface area contributed by atoms with Gasteiger partial charge >= 0.3 is 0 Å². The molecular weight excluding hydrogens is 206 g/mol. The van der Waals surface area contributed by atoms with Crippen molar-refractivity contribution in [2.75, 3.05) is 14.1 Å². The fraction of sp³-hybridized carbons (Fsp3) is 0.571. The number of hydrogen-bond donors (Lipinski definition) is 0. The highest BCUT2D eigenvalue weighted by molar-refractivity contribution is 8.14. The van der Waals surface area contributed by atoms with E-state index in [1.54, 1.807) is 14.1 Å². The molecule has 0 aliphatic carbocycles. The molecule has 0 aliphatic heterocycles. The van der Waals surface area contributed by atoms with E-state index in [2.05, 4.69) is 10.2 Å². The van der Waals surface area contributed by atoms with Gasteiger partial charge in [0, 0.05) is 25.9 Å². The zero-order chi connectivity index (χ0) is 9.84. The summed E-state index contributed by atoms with van der Waals surface area (Å²) in [7, 11) is 3.44. The minimum Gasteiger partial charge on any atom is -0.339 e. The Kier molecular flexibility index (Phi) is 3.68. The van der Waals surface area contributed by atoms with Gasteiger partial charge in [0.25, 0.3) is 5.24 Å². The lowest BCUT2D eigenvalue weighted by molar-refractivity contribution is 0.241. The molecule has 0 radical (unpaired) electrons. The van der Waals surface area contributed by atoms with E-state index in [0.29, 0.717) is 0 Å². The second-order valence-corrected chi connectivity index (χ2v) is 4.84. The second kappa shape index (κ2) is 4.57. The maximum atomic E-state index is 11.2. The molecule has 0 atom stereocenters. The molecule has 0 saturated carbocycles. The molecule has 13 heavy (non-hydrogen) atoms. The van der Waals surface area contributed by atoms with Gasteiger partial charge in [0.1, 0.15) is 5.01 Å². The van der Waals surface area contributed by atoms with Crippen molar-refractivity contribution in [2.24, 2.45) is 0 Å². The topological polar surface area (TPSA) is 46.1 Å².